The molecule has 0 bridgehead atoms. The zero-order valence-corrected chi connectivity index (χ0v) is 4.81. The van der Waals surface area contributed by atoms with Crippen molar-refractivity contribution in [2.24, 2.45) is 5.10 Å². The molecule has 0 saturated heterocycles. The highest BCUT2D eigenvalue weighted by Gasteiger charge is 2.00. The Kier molecular flexibility index (Phi) is 1.48. The predicted octanol–water partition coefficient (Wildman–Crippen LogP) is -0.748. The van der Waals surface area contributed by atoms with Gasteiger partial charge in [-0.25, -0.2) is 5.17 Å². The van der Waals surface area contributed by atoms with E-state index in [2.05, 4.69) is 17.3 Å². The Balaban J connectivity index is 2.74. The first-order valence-corrected chi connectivity index (χ1v) is 2.50. The number of allylic oxidation sites excluding steroid dienone is 1. The molecule has 0 aromatic heterocycles. The van der Waals surface area contributed by atoms with Crippen LogP contribution in [0.25, 0.3) is 0 Å². The van der Waals surface area contributed by atoms with Gasteiger partial charge in [0.25, 0.3) is 0 Å². The number of rotatable bonds is 0. The fraction of sp³-hybridized carbons (Fsp3) is 0. The molecular formula is C4H4N2OS. The molecule has 0 aromatic rings. The normalized spacial score (nSPS) is 26.6. The summed E-state index contributed by atoms with van der Waals surface area (Å²) in [6.45, 7) is 0. The third-order valence-electron chi connectivity index (χ3n) is 0.736. The Labute approximate surface area is 51.9 Å². The smallest absolute Gasteiger partial charge is 0.223 e. The summed E-state index contributed by atoms with van der Waals surface area (Å²) in [7, 11) is 0. The lowest BCUT2D eigenvalue weighted by molar-refractivity contribution is -0.750. The van der Waals surface area contributed by atoms with Gasteiger partial charge < -0.3 is 5.21 Å². The molecule has 1 N–H and O–H groups in total. The molecule has 1 aliphatic heterocycles. The van der Waals surface area contributed by atoms with Crippen LogP contribution in [0.5, 0.6) is 0 Å². The van der Waals surface area contributed by atoms with Crippen LogP contribution in [0.4, 0.5) is 0 Å². The van der Waals surface area contributed by atoms with Gasteiger partial charge in [0.1, 0.15) is 0 Å². The number of hydroxylamine groups is 1. The van der Waals surface area contributed by atoms with Crippen molar-refractivity contribution in [3.05, 3.63) is 17.4 Å². The second-order valence-electron chi connectivity index (χ2n) is 1.31. The van der Waals surface area contributed by atoms with Crippen molar-refractivity contribution in [2.75, 3.05) is 0 Å². The molecule has 0 amide bonds. The molecule has 1 rings (SSSR count). The molecule has 0 fully saturated rings. The molecule has 1 unspecified atom stereocenters. The summed E-state index contributed by atoms with van der Waals surface area (Å²) in [4.78, 5) is 0.285. The second-order valence-corrected chi connectivity index (χ2v) is 1.75. The first-order chi connectivity index (χ1) is 3.80. The molecule has 4 heteroatoms. The van der Waals surface area contributed by atoms with Gasteiger partial charge in [-0.2, -0.15) is 0 Å². The van der Waals surface area contributed by atoms with E-state index < -0.39 is 0 Å². The minimum Gasteiger partial charge on any atom is -0.600 e. The minimum absolute atomic E-state index is 0.285. The van der Waals surface area contributed by atoms with Gasteiger partial charge in [0, 0.05) is 6.08 Å². The van der Waals surface area contributed by atoms with Gasteiger partial charge in [0.05, 0.1) is 6.21 Å². The predicted molar refractivity (Wildman–Crippen MR) is 34.6 cm³/mol. The zero-order valence-electron chi connectivity index (χ0n) is 4.00. The fourth-order valence-electron chi connectivity index (χ4n) is 0.376. The Morgan fingerprint density at radius 3 is 2.88 bits per heavy atom. The minimum atomic E-state index is -0.317. The van der Waals surface area contributed by atoms with E-state index in [4.69, 9.17) is 0 Å². The Morgan fingerprint density at radius 2 is 2.50 bits per heavy atom. The highest BCUT2D eigenvalue weighted by atomic mass is 32.1. The van der Waals surface area contributed by atoms with Crippen molar-refractivity contribution in [1.82, 2.24) is 0 Å². The maximum atomic E-state index is 10.4. The van der Waals surface area contributed by atoms with Gasteiger partial charge in [0.2, 0.25) is 4.99 Å². The molecule has 3 nitrogen and oxygen atoms in total. The first kappa shape index (κ1) is 5.55. The summed E-state index contributed by atoms with van der Waals surface area (Å²) in [5, 5.41) is 13.5. The number of hydrogen-bond donors (Lipinski definition) is 1. The highest BCUT2D eigenvalue weighted by Crippen LogP contribution is 1.74. The van der Waals surface area contributed by atoms with Gasteiger partial charge in [-0.1, -0.05) is 5.10 Å². The van der Waals surface area contributed by atoms with Gasteiger partial charge in [-0.3, -0.25) is 0 Å². The van der Waals surface area contributed by atoms with Crippen LogP contribution in [-0.4, -0.2) is 11.2 Å². The van der Waals surface area contributed by atoms with Gasteiger partial charge in [-0.05, 0) is 18.3 Å². The van der Waals surface area contributed by atoms with E-state index in [0.29, 0.717) is 0 Å². The fourth-order valence-corrected chi connectivity index (χ4v) is 0.507. The Morgan fingerprint density at radius 1 is 1.75 bits per heavy atom. The summed E-state index contributed by atoms with van der Waals surface area (Å²) in [5.41, 5.74) is 0. The van der Waals surface area contributed by atoms with E-state index in [-0.39, 0.29) is 10.2 Å². The van der Waals surface area contributed by atoms with Crippen LogP contribution in [0, 0.1) is 5.21 Å². The number of nitrogens with zero attached hydrogens (tertiary/aromatic N) is 1. The van der Waals surface area contributed by atoms with Crippen LogP contribution in [0.1, 0.15) is 0 Å². The van der Waals surface area contributed by atoms with Crippen LogP contribution >= 0.6 is 12.2 Å². The van der Waals surface area contributed by atoms with Crippen molar-refractivity contribution in [1.29, 1.82) is 0 Å². The van der Waals surface area contributed by atoms with Gasteiger partial charge in [-0.15, -0.1) is 0 Å². The summed E-state index contributed by atoms with van der Waals surface area (Å²) in [6.07, 6.45) is 4.63. The molecule has 42 valence electrons. The van der Waals surface area contributed by atoms with Crippen molar-refractivity contribution < 1.29 is 5.17 Å². The van der Waals surface area contributed by atoms with Gasteiger partial charge in [0.15, 0.2) is 0 Å². The van der Waals surface area contributed by atoms with E-state index in [0.717, 1.165) is 0 Å². The van der Waals surface area contributed by atoms with Crippen molar-refractivity contribution >= 4 is 23.4 Å². The van der Waals surface area contributed by atoms with Crippen LogP contribution in [0.3, 0.4) is 0 Å². The molecule has 0 aromatic carbocycles. The molecule has 1 aliphatic rings. The quantitative estimate of drug-likeness (QED) is 0.344. The Hall–Kier alpha value is -0.580. The van der Waals surface area contributed by atoms with Crippen LogP contribution in [0.2, 0.25) is 0 Å². The summed E-state index contributed by atoms with van der Waals surface area (Å²) < 4.78 is 0. The van der Waals surface area contributed by atoms with Crippen molar-refractivity contribution in [2.45, 2.75) is 0 Å². The SMILES string of the molecule is [O-][NH+]1N=CC=CC1=S. The number of thiocarbonyl (C=S) groups is 1. The van der Waals surface area contributed by atoms with E-state index in [1.54, 1.807) is 12.2 Å². The largest absolute Gasteiger partial charge is 0.600 e. The van der Waals surface area contributed by atoms with Gasteiger partial charge >= 0.3 is 0 Å². The van der Waals surface area contributed by atoms with E-state index in [9.17, 15) is 5.21 Å². The molecule has 1 heterocycles. The lowest BCUT2D eigenvalue weighted by Gasteiger charge is -2.13. The average Bonchev–Trinajstić information content (AvgIpc) is 1.77. The van der Waals surface area contributed by atoms with Crippen molar-refractivity contribution in [3.8, 4) is 0 Å². The number of hydrogen-bond acceptors (Lipinski definition) is 3. The summed E-state index contributed by atoms with van der Waals surface area (Å²) in [5.74, 6) is 0. The zero-order chi connectivity index (χ0) is 5.98. The molecule has 8 heavy (non-hydrogen) atoms. The lowest BCUT2D eigenvalue weighted by Crippen LogP contribution is -3.05. The first-order valence-electron chi connectivity index (χ1n) is 2.10. The molecular weight excluding hydrogens is 124 g/mol. The monoisotopic (exact) mass is 128 g/mol. The van der Waals surface area contributed by atoms with Crippen LogP contribution in [0.15, 0.2) is 17.3 Å². The second kappa shape index (κ2) is 2.13. The average molecular weight is 128 g/mol. The Bertz CT molecular complexity index is 163. The maximum Gasteiger partial charge on any atom is 0.223 e. The molecule has 0 aliphatic carbocycles. The third-order valence-corrected chi connectivity index (χ3v) is 1.05. The lowest BCUT2D eigenvalue weighted by atomic mass is 10.5. The topological polar surface area (TPSA) is 39.9 Å². The maximum absolute atomic E-state index is 10.4. The third kappa shape index (κ3) is 0.975. The molecule has 0 spiro atoms. The highest BCUT2D eigenvalue weighted by molar-refractivity contribution is 7.80. The molecule has 0 saturated carbocycles. The van der Waals surface area contributed by atoms with Crippen LogP contribution in [-0.2, 0) is 0 Å². The van der Waals surface area contributed by atoms with E-state index >= 15 is 0 Å². The molecule has 0 radical (unpaired) electrons. The number of nitrogens with one attached hydrogen (secondary N) is 1. The van der Waals surface area contributed by atoms with Crippen LogP contribution < -0.4 is 5.17 Å². The van der Waals surface area contributed by atoms with Crippen molar-refractivity contribution in [3.63, 3.8) is 0 Å². The van der Waals surface area contributed by atoms with E-state index in [1.807, 2.05) is 0 Å². The standard InChI is InChI=1S/C4H4N2OS/c7-6-4(8)2-1-3-5-6/h1-3,6H. The number of quaternary nitrogens is 1. The summed E-state index contributed by atoms with van der Waals surface area (Å²) >= 11 is 4.58. The van der Waals surface area contributed by atoms with E-state index in [1.165, 1.54) is 6.21 Å². The summed E-state index contributed by atoms with van der Waals surface area (Å²) in [6, 6.07) is 0. The molecule has 1 atom stereocenters.